The van der Waals surface area contributed by atoms with Crippen molar-refractivity contribution in [1.82, 2.24) is 10.2 Å². The van der Waals surface area contributed by atoms with Crippen LogP contribution in [0.1, 0.15) is 52.4 Å². The van der Waals surface area contributed by atoms with Crippen molar-refractivity contribution in [2.45, 2.75) is 64.5 Å². The zero-order valence-corrected chi connectivity index (χ0v) is 12.7. The Hall–Kier alpha value is -0.0800. The molecule has 19 heavy (non-hydrogen) atoms. The highest BCUT2D eigenvalue weighted by atomic mass is 15.2. The second-order valence-corrected chi connectivity index (χ2v) is 8.25. The zero-order valence-electron chi connectivity index (χ0n) is 12.7. The van der Waals surface area contributed by atoms with Crippen LogP contribution in [-0.4, -0.2) is 36.6 Å². The molecule has 5 rings (SSSR count). The fourth-order valence-corrected chi connectivity index (χ4v) is 6.47. The minimum atomic E-state index is 0.695. The van der Waals surface area contributed by atoms with E-state index in [1.165, 1.54) is 19.6 Å². The van der Waals surface area contributed by atoms with Crippen molar-refractivity contribution in [3.63, 3.8) is 0 Å². The first-order chi connectivity index (χ1) is 9.16. The van der Waals surface area contributed by atoms with Gasteiger partial charge in [0.15, 0.2) is 0 Å². The van der Waals surface area contributed by atoms with E-state index in [2.05, 4.69) is 24.1 Å². The standard InChI is InChI=1S/C17H30N2/c1-12-11-18-3-4-19(12)13(2)17-8-14-5-15(9-17)7-16(6-14)10-17/h12-16,18H,3-11H2,1-2H3. The monoisotopic (exact) mass is 262 g/mol. The summed E-state index contributed by atoms with van der Waals surface area (Å²) in [6, 6.07) is 1.55. The molecule has 2 heteroatoms. The normalized spacial score (nSPS) is 51.5. The summed E-state index contributed by atoms with van der Waals surface area (Å²) in [7, 11) is 0. The van der Waals surface area contributed by atoms with Gasteiger partial charge >= 0.3 is 0 Å². The van der Waals surface area contributed by atoms with E-state index in [-0.39, 0.29) is 0 Å². The van der Waals surface area contributed by atoms with Crippen molar-refractivity contribution < 1.29 is 0 Å². The second-order valence-electron chi connectivity index (χ2n) is 8.25. The summed E-state index contributed by atoms with van der Waals surface area (Å²) in [6.07, 6.45) is 9.37. The maximum Gasteiger partial charge on any atom is 0.0195 e. The molecule has 4 bridgehead atoms. The summed E-state index contributed by atoms with van der Waals surface area (Å²) in [6.45, 7) is 8.64. The summed E-state index contributed by atoms with van der Waals surface area (Å²) in [5, 5.41) is 3.55. The molecule has 5 aliphatic rings. The highest BCUT2D eigenvalue weighted by Crippen LogP contribution is 2.62. The number of nitrogens with one attached hydrogen (secondary N) is 1. The largest absolute Gasteiger partial charge is 0.314 e. The van der Waals surface area contributed by atoms with Gasteiger partial charge in [-0.25, -0.2) is 0 Å². The second kappa shape index (κ2) is 4.46. The predicted molar refractivity (Wildman–Crippen MR) is 79.1 cm³/mol. The summed E-state index contributed by atoms with van der Waals surface area (Å²) in [4.78, 5) is 2.84. The fourth-order valence-electron chi connectivity index (χ4n) is 6.47. The van der Waals surface area contributed by atoms with Crippen LogP contribution in [0.5, 0.6) is 0 Å². The zero-order chi connectivity index (χ0) is 13.0. The van der Waals surface area contributed by atoms with Gasteiger partial charge in [-0.3, -0.25) is 4.90 Å². The first-order valence-electron chi connectivity index (χ1n) is 8.63. The van der Waals surface area contributed by atoms with E-state index >= 15 is 0 Å². The van der Waals surface area contributed by atoms with Gasteiger partial charge in [-0.1, -0.05) is 0 Å². The third-order valence-electron chi connectivity index (χ3n) is 7.02. The van der Waals surface area contributed by atoms with E-state index in [1.54, 1.807) is 38.5 Å². The maximum absolute atomic E-state index is 3.55. The molecule has 1 aliphatic heterocycles. The summed E-state index contributed by atoms with van der Waals surface area (Å²) in [5.74, 6) is 3.27. The Labute approximate surface area is 118 Å². The average molecular weight is 262 g/mol. The van der Waals surface area contributed by atoms with Crippen LogP contribution in [0.3, 0.4) is 0 Å². The number of rotatable bonds is 2. The van der Waals surface area contributed by atoms with Crippen LogP contribution in [0.25, 0.3) is 0 Å². The Morgan fingerprint density at radius 3 is 2.16 bits per heavy atom. The number of nitrogens with zero attached hydrogens (tertiary/aromatic N) is 1. The fraction of sp³-hybridized carbons (Fsp3) is 1.00. The molecule has 0 amide bonds. The molecule has 5 fully saturated rings. The van der Waals surface area contributed by atoms with Gasteiger partial charge < -0.3 is 5.32 Å². The minimum Gasteiger partial charge on any atom is -0.314 e. The molecule has 4 aliphatic carbocycles. The quantitative estimate of drug-likeness (QED) is 0.823. The van der Waals surface area contributed by atoms with E-state index in [0.29, 0.717) is 5.41 Å². The highest BCUT2D eigenvalue weighted by Gasteiger charge is 2.54. The molecule has 2 unspecified atom stereocenters. The van der Waals surface area contributed by atoms with Gasteiger partial charge in [0, 0.05) is 31.7 Å². The van der Waals surface area contributed by atoms with Crippen molar-refractivity contribution in [3.8, 4) is 0 Å². The van der Waals surface area contributed by atoms with E-state index < -0.39 is 0 Å². The molecular formula is C17H30N2. The average Bonchev–Trinajstić information content (AvgIpc) is 2.37. The topological polar surface area (TPSA) is 15.3 Å². The van der Waals surface area contributed by atoms with Crippen molar-refractivity contribution in [2.24, 2.45) is 23.2 Å². The van der Waals surface area contributed by atoms with E-state index in [9.17, 15) is 0 Å². The van der Waals surface area contributed by atoms with Crippen LogP contribution in [-0.2, 0) is 0 Å². The van der Waals surface area contributed by atoms with Gasteiger partial charge in [-0.05, 0) is 75.5 Å². The van der Waals surface area contributed by atoms with Crippen LogP contribution in [0.2, 0.25) is 0 Å². The molecule has 1 saturated heterocycles. The van der Waals surface area contributed by atoms with Gasteiger partial charge in [-0.2, -0.15) is 0 Å². The van der Waals surface area contributed by atoms with Crippen LogP contribution in [0.15, 0.2) is 0 Å². The molecular weight excluding hydrogens is 232 g/mol. The van der Waals surface area contributed by atoms with Crippen LogP contribution < -0.4 is 5.32 Å². The third kappa shape index (κ3) is 1.98. The van der Waals surface area contributed by atoms with Crippen LogP contribution in [0.4, 0.5) is 0 Å². The molecule has 1 N–H and O–H groups in total. The van der Waals surface area contributed by atoms with Crippen molar-refractivity contribution in [1.29, 1.82) is 0 Å². The SMILES string of the molecule is CC1CNCCN1C(C)C12CC3CC(CC(C3)C1)C2. The van der Waals surface area contributed by atoms with Crippen LogP contribution in [0, 0.1) is 23.2 Å². The molecule has 2 nitrogen and oxygen atoms in total. The lowest BCUT2D eigenvalue weighted by Gasteiger charge is -2.61. The van der Waals surface area contributed by atoms with Crippen molar-refractivity contribution in [2.75, 3.05) is 19.6 Å². The molecule has 0 aromatic carbocycles. The molecule has 0 aromatic rings. The maximum atomic E-state index is 3.55. The van der Waals surface area contributed by atoms with Crippen molar-refractivity contribution >= 4 is 0 Å². The van der Waals surface area contributed by atoms with Crippen LogP contribution >= 0.6 is 0 Å². The van der Waals surface area contributed by atoms with Gasteiger partial charge in [0.25, 0.3) is 0 Å². The molecule has 4 saturated carbocycles. The first-order valence-corrected chi connectivity index (χ1v) is 8.63. The Balaban J connectivity index is 1.57. The van der Waals surface area contributed by atoms with Crippen molar-refractivity contribution in [3.05, 3.63) is 0 Å². The highest BCUT2D eigenvalue weighted by molar-refractivity contribution is 5.06. The lowest BCUT2D eigenvalue weighted by molar-refractivity contribution is -0.105. The summed E-state index contributed by atoms with van der Waals surface area (Å²) < 4.78 is 0. The minimum absolute atomic E-state index is 0.695. The van der Waals surface area contributed by atoms with Gasteiger partial charge in [-0.15, -0.1) is 0 Å². The molecule has 0 spiro atoms. The Bertz CT molecular complexity index is 316. The number of hydrogen-bond donors (Lipinski definition) is 1. The Morgan fingerprint density at radius 1 is 1.05 bits per heavy atom. The lowest BCUT2D eigenvalue weighted by Crippen LogP contribution is -2.61. The summed E-state index contributed by atoms with van der Waals surface area (Å²) >= 11 is 0. The van der Waals surface area contributed by atoms with Gasteiger partial charge in [0.2, 0.25) is 0 Å². The molecule has 1 heterocycles. The third-order valence-corrected chi connectivity index (χ3v) is 7.02. The number of hydrogen-bond acceptors (Lipinski definition) is 2. The van der Waals surface area contributed by atoms with Gasteiger partial charge in [0.1, 0.15) is 0 Å². The molecule has 0 aromatic heterocycles. The first kappa shape index (κ1) is 12.6. The van der Waals surface area contributed by atoms with E-state index in [1.807, 2.05) is 0 Å². The Morgan fingerprint density at radius 2 is 1.63 bits per heavy atom. The lowest BCUT2D eigenvalue weighted by atomic mass is 9.47. The molecule has 0 radical (unpaired) electrons. The van der Waals surface area contributed by atoms with E-state index in [4.69, 9.17) is 0 Å². The smallest absolute Gasteiger partial charge is 0.0195 e. The number of piperazine rings is 1. The van der Waals surface area contributed by atoms with E-state index in [0.717, 1.165) is 29.8 Å². The predicted octanol–water partition coefficient (Wildman–Crippen LogP) is 2.89. The molecule has 108 valence electrons. The van der Waals surface area contributed by atoms with Gasteiger partial charge in [0.05, 0.1) is 0 Å². The summed E-state index contributed by atoms with van der Waals surface area (Å²) in [5.41, 5.74) is 0.695. The molecule has 2 atom stereocenters. The Kier molecular flexibility index (Phi) is 2.97.